The van der Waals surface area contributed by atoms with Gasteiger partial charge in [0.25, 0.3) is 5.09 Å². The van der Waals surface area contributed by atoms with Crippen LogP contribution in [0.2, 0.25) is 0 Å². The number of aryl methyl sites for hydroxylation is 1. The van der Waals surface area contributed by atoms with Crippen molar-refractivity contribution in [1.82, 2.24) is 5.32 Å². The molecule has 0 heterocycles. The van der Waals surface area contributed by atoms with Crippen molar-refractivity contribution in [3.05, 3.63) is 70.3 Å². The van der Waals surface area contributed by atoms with Crippen molar-refractivity contribution < 1.29 is 34.5 Å². The molecule has 1 aromatic rings. The number of benzene rings is 1. The molecule has 7 atom stereocenters. The number of carbonyl (C=O) groups excluding carboxylic acids is 2. The quantitative estimate of drug-likeness (QED) is 0.0865. The van der Waals surface area contributed by atoms with E-state index in [1.165, 1.54) is 0 Å². The summed E-state index contributed by atoms with van der Waals surface area (Å²) in [5, 5.41) is 33.6. The van der Waals surface area contributed by atoms with Crippen molar-refractivity contribution in [2.75, 3.05) is 13.2 Å². The lowest BCUT2D eigenvalue weighted by molar-refractivity contribution is -0.758. The van der Waals surface area contributed by atoms with Crippen LogP contribution in [0.1, 0.15) is 57.4 Å². The highest BCUT2D eigenvalue weighted by molar-refractivity contribution is 5.76. The Morgan fingerprint density at radius 3 is 2.67 bits per heavy atom. The maximum atomic E-state index is 12.8. The van der Waals surface area contributed by atoms with Crippen LogP contribution in [0.3, 0.4) is 0 Å². The molecule has 2 fully saturated rings. The molecule has 1 aromatic carbocycles. The third kappa shape index (κ3) is 10.4. The van der Waals surface area contributed by atoms with Crippen LogP contribution in [0.4, 0.5) is 0 Å². The lowest BCUT2D eigenvalue weighted by Gasteiger charge is -2.21. The molecular weight excluding hydrogens is 516 g/mol. The van der Waals surface area contributed by atoms with Crippen LogP contribution in [0, 0.1) is 33.8 Å². The summed E-state index contributed by atoms with van der Waals surface area (Å²) in [5.74, 6) is -1.48. The number of aliphatic hydroxyl groups excluding tert-OH is 2. The van der Waals surface area contributed by atoms with Gasteiger partial charge in [0.2, 0.25) is 5.91 Å². The van der Waals surface area contributed by atoms with E-state index in [0.29, 0.717) is 38.6 Å². The van der Waals surface area contributed by atoms with Gasteiger partial charge >= 0.3 is 5.97 Å². The summed E-state index contributed by atoms with van der Waals surface area (Å²) in [5.41, 5.74) is 1.10. The normalized spacial score (nSPS) is 26.6. The Labute approximate surface area is 235 Å². The molecule has 10 heteroatoms. The fourth-order valence-electron chi connectivity index (χ4n) is 5.26. The molecule has 0 bridgehead atoms. The van der Waals surface area contributed by atoms with Crippen LogP contribution in [0.25, 0.3) is 0 Å². The highest BCUT2D eigenvalue weighted by Crippen LogP contribution is 2.40. The van der Waals surface area contributed by atoms with Crippen molar-refractivity contribution in [2.24, 2.45) is 23.7 Å². The SMILES string of the molecule is CCNC(=O)CCC/C=C\C[C@@H]1[C@@H](C=CC(CCc2ccccc2)OC(=O)[C@@H]2C[C@H]2CO[N+](=O)[O-])[C@H](O)C[C@@H]1O. The molecule has 1 amide bonds. The number of rotatable bonds is 17. The van der Waals surface area contributed by atoms with Crippen LogP contribution in [-0.4, -0.2) is 58.6 Å². The van der Waals surface area contributed by atoms with Gasteiger partial charge in [0.15, 0.2) is 0 Å². The van der Waals surface area contributed by atoms with E-state index < -0.39 is 35.3 Å². The van der Waals surface area contributed by atoms with Gasteiger partial charge in [0, 0.05) is 25.3 Å². The van der Waals surface area contributed by atoms with Crippen LogP contribution in [-0.2, 0) is 25.6 Å². The number of nitrogens with zero attached hydrogens (tertiary/aromatic N) is 1. The molecule has 10 nitrogen and oxygen atoms in total. The predicted octanol–water partition coefficient (Wildman–Crippen LogP) is 3.54. The molecule has 2 aliphatic carbocycles. The van der Waals surface area contributed by atoms with Gasteiger partial charge in [0.05, 0.1) is 18.1 Å². The monoisotopic (exact) mass is 558 g/mol. The predicted molar refractivity (Wildman–Crippen MR) is 148 cm³/mol. The van der Waals surface area contributed by atoms with E-state index in [0.717, 1.165) is 18.4 Å². The molecule has 1 unspecified atom stereocenters. The summed E-state index contributed by atoms with van der Waals surface area (Å²) in [6, 6.07) is 9.84. The summed E-state index contributed by atoms with van der Waals surface area (Å²) < 4.78 is 5.81. The average molecular weight is 559 g/mol. The van der Waals surface area contributed by atoms with E-state index in [1.54, 1.807) is 6.08 Å². The zero-order valence-corrected chi connectivity index (χ0v) is 23.1. The molecule has 3 N–H and O–H groups in total. The third-order valence-electron chi connectivity index (χ3n) is 7.63. The van der Waals surface area contributed by atoms with Crippen molar-refractivity contribution in [3.8, 4) is 0 Å². The van der Waals surface area contributed by atoms with Crippen molar-refractivity contribution in [3.63, 3.8) is 0 Å². The van der Waals surface area contributed by atoms with Gasteiger partial charge in [0.1, 0.15) is 12.7 Å². The molecule has 0 aromatic heterocycles. The molecule has 0 radical (unpaired) electrons. The van der Waals surface area contributed by atoms with E-state index in [4.69, 9.17) is 4.74 Å². The first kappa shape index (κ1) is 31.3. The number of amides is 1. The van der Waals surface area contributed by atoms with Gasteiger partial charge in [-0.25, -0.2) is 0 Å². The molecule has 3 rings (SSSR count). The number of hydrogen-bond donors (Lipinski definition) is 3. The largest absolute Gasteiger partial charge is 0.458 e. The Hall–Kier alpha value is -3.24. The van der Waals surface area contributed by atoms with Crippen molar-refractivity contribution in [2.45, 2.75) is 76.6 Å². The first-order valence-electron chi connectivity index (χ1n) is 14.3. The standard InChI is InChI=1S/C30H42N2O8/c1-2-31-29(35)13-9-4-3-8-12-24-25(28(34)19-27(24)33)17-16-23(15-14-21-10-6-5-7-11-21)40-30(36)26-18-22(26)20-39-32(37)38/h3,5-8,10-11,16-17,22-28,33-34H,2,4,9,12-15,18-20H2,1H3,(H,31,35)/b8-3-,17-16?/t22-,23?,24+,25+,26+,27-,28+/m0/s1. The van der Waals surface area contributed by atoms with Gasteiger partial charge in [-0.3, -0.25) is 9.59 Å². The zero-order valence-electron chi connectivity index (χ0n) is 23.1. The van der Waals surface area contributed by atoms with Crippen LogP contribution < -0.4 is 5.32 Å². The second-order valence-electron chi connectivity index (χ2n) is 10.7. The maximum absolute atomic E-state index is 12.8. The first-order valence-corrected chi connectivity index (χ1v) is 14.3. The minimum atomic E-state index is -0.856. The Morgan fingerprint density at radius 1 is 1.18 bits per heavy atom. The summed E-state index contributed by atoms with van der Waals surface area (Å²) in [6.45, 7) is 2.39. The minimum Gasteiger partial charge on any atom is -0.458 e. The third-order valence-corrected chi connectivity index (χ3v) is 7.63. The topological polar surface area (TPSA) is 148 Å². The molecular formula is C30H42N2O8. The van der Waals surface area contributed by atoms with Gasteiger partial charge < -0.3 is 25.1 Å². The lowest BCUT2D eigenvalue weighted by atomic mass is 9.89. The second kappa shape index (κ2) is 16.1. The summed E-state index contributed by atoms with van der Waals surface area (Å²) in [6.07, 6.45) is 10.3. The van der Waals surface area contributed by atoms with Crippen LogP contribution >= 0.6 is 0 Å². The number of aliphatic hydroxyl groups is 2. The lowest BCUT2D eigenvalue weighted by Crippen LogP contribution is -2.22. The number of carbonyl (C=O) groups is 2. The van der Waals surface area contributed by atoms with Crippen LogP contribution in [0.5, 0.6) is 0 Å². The summed E-state index contributed by atoms with van der Waals surface area (Å²) in [4.78, 5) is 39.2. The second-order valence-corrected chi connectivity index (χ2v) is 10.7. The Morgan fingerprint density at radius 2 is 1.95 bits per heavy atom. The fourth-order valence-corrected chi connectivity index (χ4v) is 5.26. The van der Waals surface area contributed by atoms with Crippen molar-refractivity contribution >= 4 is 11.9 Å². The Kier molecular flexibility index (Phi) is 12.6. The van der Waals surface area contributed by atoms with Crippen LogP contribution in [0.15, 0.2) is 54.6 Å². The highest BCUT2D eigenvalue weighted by Gasteiger charge is 2.45. The van der Waals surface area contributed by atoms with E-state index >= 15 is 0 Å². The number of esters is 1. The first-order chi connectivity index (χ1) is 19.3. The molecule has 220 valence electrons. The molecule has 2 aliphatic rings. The number of unbranched alkanes of at least 4 members (excludes halogenated alkanes) is 1. The number of nitrogens with one attached hydrogen (secondary N) is 1. The molecule has 0 aliphatic heterocycles. The van der Waals surface area contributed by atoms with E-state index in [1.807, 2.05) is 55.5 Å². The maximum Gasteiger partial charge on any atom is 0.309 e. The number of allylic oxidation sites excluding steroid dienone is 2. The van der Waals surface area contributed by atoms with E-state index in [9.17, 15) is 29.9 Å². The highest BCUT2D eigenvalue weighted by atomic mass is 16.9. The smallest absolute Gasteiger partial charge is 0.309 e. The zero-order chi connectivity index (χ0) is 28.9. The minimum absolute atomic E-state index is 0.0417. The van der Waals surface area contributed by atoms with Gasteiger partial charge in [-0.15, -0.1) is 10.1 Å². The molecule has 0 spiro atoms. The molecule has 2 saturated carbocycles. The number of ether oxygens (including phenoxy) is 1. The number of hydrogen-bond acceptors (Lipinski definition) is 8. The van der Waals surface area contributed by atoms with Gasteiger partial charge in [-0.2, -0.15) is 0 Å². The fraction of sp³-hybridized carbons (Fsp3) is 0.600. The Bertz CT molecular complexity index is 1010. The Balaban J connectivity index is 1.58. The van der Waals surface area contributed by atoms with E-state index in [-0.39, 0.29) is 36.7 Å². The molecule has 40 heavy (non-hydrogen) atoms. The summed E-state index contributed by atoms with van der Waals surface area (Å²) >= 11 is 0. The summed E-state index contributed by atoms with van der Waals surface area (Å²) in [7, 11) is 0. The van der Waals surface area contributed by atoms with Gasteiger partial charge in [-0.05, 0) is 68.9 Å². The average Bonchev–Trinajstić information content (AvgIpc) is 3.66. The van der Waals surface area contributed by atoms with E-state index in [2.05, 4.69) is 10.2 Å². The van der Waals surface area contributed by atoms with Gasteiger partial charge in [-0.1, -0.05) is 48.6 Å². The van der Waals surface area contributed by atoms with Crippen molar-refractivity contribution in [1.29, 1.82) is 0 Å². The molecule has 0 saturated heterocycles.